The number of nitrogens with zero attached hydrogens (tertiary/aromatic N) is 3. The molecule has 18 heavy (non-hydrogen) atoms. The minimum absolute atomic E-state index is 0.380. The lowest BCUT2D eigenvalue weighted by atomic mass is 10.1. The summed E-state index contributed by atoms with van der Waals surface area (Å²) in [6.07, 6.45) is 2.37. The van der Waals surface area contributed by atoms with Gasteiger partial charge in [-0.2, -0.15) is 4.98 Å². The summed E-state index contributed by atoms with van der Waals surface area (Å²) in [7, 11) is 0. The average molecular weight is 264 g/mol. The summed E-state index contributed by atoms with van der Waals surface area (Å²) in [5.41, 5.74) is 0.968. The maximum absolute atomic E-state index is 6.34. The first-order chi connectivity index (χ1) is 8.84. The zero-order valence-electron chi connectivity index (χ0n) is 9.92. The van der Waals surface area contributed by atoms with E-state index in [0.717, 1.165) is 18.7 Å². The van der Waals surface area contributed by atoms with Crippen LogP contribution in [0.4, 0.5) is 5.95 Å². The SMILES string of the molecule is ClC(c1ccccc1)c1nc(N2CCCC2)no1. The van der Waals surface area contributed by atoms with Crippen LogP contribution in [0.3, 0.4) is 0 Å². The Morgan fingerprint density at radius 1 is 1.17 bits per heavy atom. The summed E-state index contributed by atoms with van der Waals surface area (Å²) in [5, 5.41) is 3.62. The van der Waals surface area contributed by atoms with Gasteiger partial charge in [-0.1, -0.05) is 30.3 Å². The second-order valence-corrected chi connectivity index (χ2v) is 4.84. The average Bonchev–Trinajstić information content (AvgIpc) is 3.09. The van der Waals surface area contributed by atoms with Gasteiger partial charge in [0, 0.05) is 13.1 Å². The van der Waals surface area contributed by atoms with E-state index in [-0.39, 0.29) is 5.38 Å². The molecule has 0 N–H and O–H groups in total. The molecule has 1 unspecified atom stereocenters. The maximum atomic E-state index is 6.34. The number of alkyl halides is 1. The number of aromatic nitrogens is 2. The van der Waals surface area contributed by atoms with E-state index in [0.29, 0.717) is 11.8 Å². The topological polar surface area (TPSA) is 42.2 Å². The van der Waals surface area contributed by atoms with E-state index in [1.54, 1.807) is 0 Å². The quantitative estimate of drug-likeness (QED) is 0.799. The molecule has 0 bridgehead atoms. The molecule has 0 spiro atoms. The summed E-state index contributed by atoms with van der Waals surface area (Å²) in [6, 6.07) is 9.76. The zero-order valence-corrected chi connectivity index (χ0v) is 10.7. The Balaban J connectivity index is 1.80. The molecular formula is C13H14ClN3O. The molecule has 1 aromatic carbocycles. The Labute approximate surface area is 111 Å². The van der Waals surface area contributed by atoms with Crippen molar-refractivity contribution in [2.45, 2.75) is 18.2 Å². The second kappa shape index (κ2) is 4.98. The molecule has 0 aliphatic carbocycles. The molecule has 94 valence electrons. The third-order valence-electron chi connectivity index (χ3n) is 3.13. The van der Waals surface area contributed by atoms with Crippen molar-refractivity contribution in [3.05, 3.63) is 41.8 Å². The van der Waals surface area contributed by atoms with Gasteiger partial charge in [-0.25, -0.2) is 0 Å². The van der Waals surface area contributed by atoms with Crippen LogP contribution in [0.2, 0.25) is 0 Å². The van der Waals surface area contributed by atoms with Gasteiger partial charge in [-0.05, 0) is 23.6 Å². The van der Waals surface area contributed by atoms with Gasteiger partial charge in [0.1, 0.15) is 5.38 Å². The van der Waals surface area contributed by atoms with Crippen LogP contribution in [-0.4, -0.2) is 23.2 Å². The fraction of sp³-hybridized carbons (Fsp3) is 0.385. The fourth-order valence-corrected chi connectivity index (χ4v) is 2.37. The molecule has 4 nitrogen and oxygen atoms in total. The van der Waals surface area contributed by atoms with Gasteiger partial charge in [-0.15, -0.1) is 11.6 Å². The van der Waals surface area contributed by atoms with Crippen molar-refractivity contribution in [1.82, 2.24) is 10.1 Å². The third kappa shape index (κ3) is 2.20. The first-order valence-corrected chi connectivity index (χ1v) is 6.56. The number of benzene rings is 1. The van der Waals surface area contributed by atoms with Gasteiger partial charge < -0.3 is 9.42 Å². The first-order valence-electron chi connectivity index (χ1n) is 6.12. The standard InChI is InChI=1S/C13H14ClN3O/c14-11(10-6-2-1-3-7-10)12-15-13(16-18-12)17-8-4-5-9-17/h1-3,6-7,11H,4-5,8-9H2. The van der Waals surface area contributed by atoms with Crippen molar-refractivity contribution in [2.24, 2.45) is 0 Å². The Morgan fingerprint density at radius 3 is 2.61 bits per heavy atom. The summed E-state index contributed by atoms with van der Waals surface area (Å²) >= 11 is 6.34. The van der Waals surface area contributed by atoms with Crippen molar-refractivity contribution in [1.29, 1.82) is 0 Å². The van der Waals surface area contributed by atoms with Crippen molar-refractivity contribution in [3.8, 4) is 0 Å². The normalized spacial score (nSPS) is 17.1. The number of rotatable bonds is 3. The Hall–Kier alpha value is -1.55. The molecule has 1 fully saturated rings. The number of hydrogen-bond acceptors (Lipinski definition) is 4. The van der Waals surface area contributed by atoms with Crippen molar-refractivity contribution in [2.75, 3.05) is 18.0 Å². The minimum atomic E-state index is -0.380. The number of halogens is 1. The van der Waals surface area contributed by atoms with E-state index in [1.165, 1.54) is 12.8 Å². The Bertz CT molecular complexity index is 508. The molecule has 1 saturated heterocycles. The van der Waals surface area contributed by atoms with Crippen LogP contribution in [0, 0.1) is 0 Å². The van der Waals surface area contributed by atoms with Gasteiger partial charge in [0.2, 0.25) is 0 Å². The molecule has 0 radical (unpaired) electrons. The lowest BCUT2D eigenvalue weighted by molar-refractivity contribution is 0.381. The molecule has 1 aromatic heterocycles. The molecule has 2 aromatic rings. The first kappa shape index (κ1) is 11.5. The molecule has 1 aliphatic rings. The molecule has 5 heteroatoms. The summed E-state index contributed by atoms with van der Waals surface area (Å²) in [6.45, 7) is 1.99. The van der Waals surface area contributed by atoms with Crippen molar-refractivity contribution in [3.63, 3.8) is 0 Å². The van der Waals surface area contributed by atoms with Crippen molar-refractivity contribution >= 4 is 17.5 Å². The van der Waals surface area contributed by atoms with E-state index < -0.39 is 0 Å². The summed E-state index contributed by atoms with van der Waals surface area (Å²) in [4.78, 5) is 6.51. The molecule has 0 saturated carbocycles. The van der Waals surface area contributed by atoms with Crippen LogP contribution in [0.5, 0.6) is 0 Å². The van der Waals surface area contributed by atoms with Crippen LogP contribution in [0.25, 0.3) is 0 Å². The number of anilines is 1. The summed E-state index contributed by atoms with van der Waals surface area (Å²) < 4.78 is 5.26. The maximum Gasteiger partial charge on any atom is 0.266 e. The van der Waals surface area contributed by atoms with E-state index in [4.69, 9.17) is 16.1 Å². The smallest absolute Gasteiger partial charge is 0.266 e. The van der Waals surface area contributed by atoms with Crippen molar-refractivity contribution < 1.29 is 4.52 Å². The van der Waals surface area contributed by atoms with Gasteiger partial charge in [0.15, 0.2) is 0 Å². The van der Waals surface area contributed by atoms with E-state index in [1.807, 2.05) is 30.3 Å². The predicted molar refractivity (Wildman–Crippen MR) is 69.9 cm³/mol. The molecule has 3 rings (SSSR count). The monoisotopic (exact) mass is 263 g/mol. The Kier molecular flexibility index (Phi) is 3.19. The second-order valence-electron chi connectivity index (χ2n) is 4.40. The third-order valence-corrected chi connectivity index (χ3v) is 3.57. The fourth-order valence-electron chi connectivity index (χ4n) is 2.14. The summed E-state index contributed by atoms with van der Waals surface area (Å²) in [5.74, 6) is 1.12. The van der Waals surface area contributed by atoms with Gasteiger partial charge in [0.05, 0.1) is 0 Å². The van der Waals surface area contributed by atoms with E-state index in [2.05, 4.69) is 15.0 Å². The highest BCUT2D eigenvalue weighted by Crippen LogP contribution is 2.28. The van der Waals surface area contributed by atoms with Crippen LogP contribution in [0.1, 0.15) is 29.7 Å². The molecule has 1 aliphatic heterocycles. The van der Waals surface area contributed by atoms with Gasteiger partial charge in [0.25, 0.3) is 11.8 Å². The highest BCUT2D eigenvalue weighted by molar-refractivity contribution is 6.22. The molecule has 1 atom stereocenters. The molecule has 0 amide bonds. The lowest BCUT2D eigenvalue weighted by Gasteiger charge is -2.10. The van der Waals surface area contributed by atoms with Crippen LogP contribution < -0.4 is 4.90 Å². The largest absolute Gasteiger partial charge is 0.338 e. The van der Waals surface area contributed by atoms with E-state index in [9.17, 15) is 0 Å². The van der Waals surface area contributed by atoms with E-state index >= 15 is 0 Å². The highest BCUT2D eigenvalue weighted by Gasteiger charge is 2.22. The van der Waals surface area contributed by atoms with Crippen LogP contribution in [-0.2, 0) is 0 Å². The lowest BCUT2D eigenvalue weighted by Crippen LogP contribution is -2.18. The highest BCUT2D eigenvalue weighted by atomic mass is 35.5. The molecular weight excluding hydrogens is 250 g/mol. The minimum Gasteiger partial charge on any atom is -0.338 e. The van der Waals surface area contributed by atoms with Gasteiger partial charge in [-0.3, -0.25) is 0 Å². The van der Waals surface area contributed by atoms with Crippen LogP contribution in [0.15, 0.2) is 34.9 Å². The van der Waals surface area contributed by atoms with Gasteiger partial charge >= 0.3 is 0 Å². The number of hydrogen-bond donors (Lipinski definition) is 0. The molecule has 2 heterocycles. The zero-order chi connectivity index (χ0) is 12.4. The Morgan fingerprint density at radius 2 is 1.89 bits per heavy atom. The van der Waals surface area contributed by atoms with Crippen LogP contribution >= 0.6 is 11.6 Å². The predicted octanol–water partition coefficient (Wildman–Crippen LogP) is 3.00.